The van der Waals surface area contributed by atoms with Crippen molar-refractivity contribution in [2.24, 2.45) is 5.73 Å². The van der Waals surface area contributed by atoms with E-state index < -0.39 is 0 Å². The van der Waals surface area contributed by atoms with Gasteiger partial charge in [-0.25, -0.2) is 0 Å². The summed E-state index contributed by atoms with van der Waals surface area (Å²) < 4.78 is 0. The lowest BCUT2D eigenvalue weighted by molar-refractivity contribution is -0.123. The third kappa shape index (κ3) is 7.56. The standard InChI is InChI=1S/C16H32N2O/c1-2-3-4-5-6-7-8-9-13-18-15(19)14-16(17)11-10-12-16/h2-14,17H2,1H3,(H,18,19). The van der Waals surface area contributed by atoms with Crippen molar-refractivity contribution in [1.29, 1.82) is 0 Å². The monoisotopic (exact) mass is 268 g/mol. The Balaban J connectivity index is 1.83. The first kappa shape index (κ1) is 16.5. The molecular weight excluding hydrogens is 236 g/mol. The van der Waals surface area contributed by atoms with Crippen LogP contribution in [0.5, 0.6) is 0 Å². The molecule has 0 saturated heterocycles. The molecule has 0 atom stereocenters. The molecule has 19 heavy (non-hydrogen) atoms. The molecule has 1 aliphatic rings. The second-order valence-corrected chi connectivity index (χ2v) is 6.22. The smallest absolute Gasteiger partial charge is 0.221 e. The number of carbonyl (C=O) groups is 1. The molecule has 0 aromatic rings. The molecule has 1 fully saturated rings. The zero-order valence-corrected chi connectivity index (χ0v) is 12.7. The maximum atomic E-state index is 11.7. The molecule has 0 aromatic carbocycles. The van der Waals surface area contributed by atoms with Crippen LogP contribution in [0.2, 0.25) is 0 Å². The molecule has 1 amide bonds. The van der Waals surface area contributed by atoms with Crippen molar-refractivity contribution in [3.63, 3.8) is 0 Å². The number of unbranched alkanes of at least 4 members (excludes halogenated alkanes) is 7. The van der Waals surface area contributed by atoms with Crippen molar-refractivity contribution in [2.75, 3.05) is 6.54 Å². The zero-order valence-electron chi connectivity index (χ0n) is 12.7. The van der Waals surface area contributed by atoms with Gasteiger partial charge in [0.15, 0.2) is 0 Å². The summed E-state index contributed by atoms with van der Waals surface area (Å²) >= 11 is 0. The SMILES string of the molecule is CCCCCCCCCCNC(=O)CC1(N)CCC1. The fourth-order valence-corrected chi connectivity index (χ4v) is 2.68. The lowest BCUT2D eigenvalue weighted by atomic mass is 9.75. The fourth-order valence-electron chi connectivity index (χ4n) is 2.68. The van der Waals surface area contributed by atoms with Crippen LogP contribution in [-0.4, -0.2) is 18.0 Å². The van der Waals surface area contributed by atoms with Gasteiger partial charge in [-0.1, -0.05) is 51.9 Å². The minimum Gasteiger partial charge on any atom is -0.356 e. The molecule has 3 N–H and O–H groups in total. The average molecular weight is 268 g/mol. The number of amides is 1. The fraction of sp³-hybridized carbons (Fsp3) is 0.938. The molecular formula is C16H32N2O. The maximum Gasteiger partial charge on any atom is 0.221 e. The minimum absolute atomic E-state index is 0.144. The molecule has 0 aromatic heterocycles. The van der Waals surface area contributed by atoms with Gasteiger partial charge in [-0.3, -0.25) is 4.79 Å². The molecule has 0 radical (unpaired) electrons. The number of carbonyl (C=O) groups excluding carboxylic acids is 1. The van der Waals surface area contributed by atoms with Gasteiger partial charge >= 0.3 is 0 Å². The summed E-state index contributed by atoms with van der Waals surface area (Å²) in [6.45, 7) is 3.07. The average Bonchev–Trinajstić information content (AvgIpc) is 2.35. The van der Waals surface area contributed by atoms with Gasteiger partial charge in [0.05, 0.1) is 0 Å². The van der Waals surface area contributed by atoms with Gasteiger partial charge in [0, 0.05) is 18.5 Å². The normalized spacial score (nSPS) is 16.9. The van der Waals surface area contributed by atoms with Crippen molar-refractivity contribution in [2.45, 2.75) is 89.5 Å². The summed E-state index contributed by atoms with van der Waals surface area (Å²) in [6.07, 6.45) is 14.2. The Hall–Kier alpha value is -0.570. The summed E-state index contributed by atoms with van der Waals surface area (Å²) in [4.78, 5) is 11.7. The molecule has 3 heteroatoms. The first-order chi connectivity index (χ1) is 9.16. The second-order valence-electron chi connectivity index (χ2n) is 6.22. The maximum absolute atomic E-state index is 11.7. The Morgan fingerprint density at radius 3 is 2.16 bits per heavy atom. The molecule has 0 spiro atoms. The van der Waals surface area contributed by atoms with E-state index in [9.17, 15) is 4.79 Å². The van der Waals surface area contributed by atoms with Gasteiger partial charge < -0.3 is 11.1 Å². The van der Waals surface area contributed by atoms with Crippen LogP contribution in [0, 0.1) is 0 Å². The first-order valence-electron chi connectivity index (χ1n) is 8.22. The number of rotatable bonds is 11. The number of hydrogen-bond acceptors (Lipinski definition) is 2. The van der Waals surface area contributed by atoms with Crippen LogP contribution >= 0.6 is 0 Å². The molecule has 3 nitrogen and oxygen atoms in total. The van der Waals surface area contributed by atoms with Gasteiger partial charge in [-0.15, -0.1) is 0 Å². The summed E-state index contributed by atoms with van der Waals surface area (Å²) in [5, 5.41) is 3.00. The number of nitrogens with one attached hydrogen (secondary N) is 1. The Labute approximate surface area is 118 Å². The number of nitrogens with two attached hydrogens (primary N) is 1. The number of hydrogen-bond donors (Lipinski definition) is 2. The predicted octanol–water partition coefficient (Wildman–Crippen LogP) is 3.51. The van der Waals surface area contributed by atoms with Crippen LogP contribution < -0.4 is 11.1 Å². The predicted molar refractivity (Wildman–Crippen MR) is 81.0 cm³/mol. The molecule has 1 aliphatic carbocycles. The summed E-state index contributed by atoms with van der Waals surface area (Å²) in [5.41, 5.74) is 5.88. The van der Waals surface area contributed by atoms with Crippen molar-refractivity contribution >= 4 is 5.91 Å². The Bertz CT molecular complexity index is 249. The van der Waals surface area contributed by atoms with Crippen molar-refractivity contribution < 1.29 is 4.79 Å². The van der Waals surface area contributed by atoms with Gasteiger partial charge in [-0.2, -0.15) is 0 Å². The van der Waals surface area contributed by atoms with Crippen molar-refractivity contribution in [3.8, 4) is 0 Å². The van der Waals surface area contributed by atoms with Crippen LogP contribution in [0.4, 0.5) is 0 Å². The minimum atomic E-state index is -0.177. The van der Waals surface area contributed by atoms with Crippen molar-refractivity contribution in [3.05, 3.63) is 0 Å². The molecule has 0 bridgehead atoms. The van der Waals surface area contributed by atoms with Crippen LogP contribution in [0.1, 0.15) is 84.0 Å². The van der Waals surface area contributed by atoms with E-state index in [4.69, 9.17) is 5.73 Å². The highest BCUT2D eigenvalue weighted by Gasteiger charge is 2.34. The third-order valence-electron chi connectivity index (χ3n) is 4.21. The van der Waals surface area contributed by atoms with E-state index in [1.54, 1.807) is 0 Å². The van der Waals surface area contributed by atoms with Crippen LogP contribution in [0.15, 0.2) is 0 Å². The highest BCUT2D eigenvalue weighted by atomic mass is 16.1. The van der Waals surface area contributed by atoms with Gasteiger partial charge in [0.2, 0.25) is 5.91 Å². The van der Waals surface area contributed by atoms with Gasteiger partial charge in [0.25, 0.3) is 0 Å². The quantitative estimate of drug-likeness (QED) is 0.563. The lowest BCUT2D eigenvalue weighted by Crippen LogP contribution is -2.50. The molecule has 0 unspecified atom stereocenters. The molecule has 1 rings (SSSR count). The highest BCUT2D eigenvalue weighted by molar-refractivity contribution is 5.77. The van der Waals surface area contributed by atoms with E-state index >= 15 is 0 Å². The van der Waals surface area contributed by atoms with Crippen LogP contribution in [0.3, 0.4) is 0 Å². The lowest BCUT2D eigenvalue weighted by Gasteiger charge is -2.37. The summed E-state index contributed by atoms with van der Waals surface area (Å²) in [6, 6.07) is 0. The van der Waals surface area contributed by atoms with Gasteiger partial charge in [-0.05, 0) is 25.7 Å². The Kier molecular flexibility index (Phi) is 8.11. The molecule has 112 valence electrons. The summed E-state index contributed by atoms with van der Waals surface area (Å²) in [5.74, 6) is 0.144. The van der Waals surface area contributed by atoms with E-state index in [2.05, 4.69) is 12.2 Å². The molecule has 1 saturated carbocycles. The zero-order chi connectivity index (χ0) is 14.0. The van der Waals surface area contributed by atoms with Crippen LogP contribution in [0.25, 0.3) is 0 Å². The summed E-state index contributed by atoms with van der Waals surface area (Å²) in [7, 11) is 0. The van der Waals surface area contributed by atoms with E-state index in [0.29, 0.717) is 6.42 Å². The van der Waals surface area contributed by atoms with Crippen LogP contribution in [-0.2, 0) is 4.79 Å². The largest absolute Gasteiger partial charge is 0.356 e. The van der Waals surface area contributed by atoms with E-state index in [1.807, 2.05) is 0 Å². The highest BCUT2D eigenvalue weighted by Crippen LogP contribution is 2.31. The van der Waals surface area contributed by atoms with Crippen molar-refractivity contribution in [1.82, 2.24) is 5.32 Å². The molecule has 0 heterocycles. The topological polar surface area (TPSA) is 55.1 Å². The molecule has 0 aliphatic heterocycles. The van der Waals surface area contributed by atoms with E-state index in [0.717, 1.165) is 25.8 Å². The van der Waals surface area contributed by atoms with E-state index in [-0.39, 0.29) is 11.4 Å². The Morgan fingerprint density at radius 1 is 1.05 bits per heavy atom. The Morgan fingerprint density at radius 2 is 1.63 bits per heavy atom. The van der Waals surface area contributed by atoms with E-state index in [1.165, 1.54) is 51.4 Å². The van der Waals surface area contributed by atoms with Gasteiger partial charge in [0.1, 0.15) is 0 Å². The first-order valence-corrected chi connectivity index (χ1v) is 8.22. The third-order valence-corrected chi connectivity index (χ3v) is 4.21. The second kappa shape index (κ2) is 9.35.